The number of nitrogens with zero attached hydrogens (tertiary/aromatic N) is 4. The molecule has 2 saturated heterocycles. The number of thiocarbonyl (C=S) groups is 1. The van der Waals surface area contributed by atoms with Gasteiger partial charge in [0.1, 0.15) is 0 Å². The van der Waals surface area contributed by atoms with Crippen LogP contribution in [0, 0.1) is 13.8 Å². The van der Waals surface area contributed by atoms with Crippen molar-refractivity contribution in [1.29, 1.82) is 0 Å². The minimum Gasteiger partial charge on any atom is -0.379 e. The summed E-state index contributed by atoms with van der Waals surface area (Å²) in [5.74, 6) is 0. The molecule has 0 aliphatic carbocycles. The Morgan fingerprint density at radius 2 is 2.00 bits per heavy atom. The van der Waals surface area contributed by atoms with Crippen molar-refractivity contribution in [3.8, 4) is 0 Å². The summed E-state index contributed by atoms with van der Waals surface area (Å²) in [6.45, 7) is 13.4. The average Bonchev–Trinajstić information content (AvgIpc) is 3.24. The zero-order valence-electron chi connectivity index (χ0n) is 18.3. The molecule has 4 heterocycles. The van der Waals surface area contributed by atoms with E-state index in [1.165, 1.54) is 17.0 Å². The third-order valence-electron chi connectivity index (χ3n) is 6.42. The molecule has 2 fully saturated rings. The van der Waals surface area contributed by atoms with Crippen LogP contribution in [0.4, 0.5) is 0 Å². The minimum atomic E-state index is 0.0629. The average molecular weight is 428 g/mol. The summed E-state index contributed by atoms with van der Waals surface area (Å²) in [6.07, 6.45) is 2.95. The Hall–Kier alpha value is -1.96. The van der Waals surface area contributed by atoms with Gasteiger partial charge in [-0.15, -0.1) is 0 Å². The van der Waals surface area contributed by atoms with Crippen LogP contribution in [0.25, 0.3) is 0 Å². The van der Waals surface area contributed by atoms with Gasteiger partial charge in [0.2, 0.25) is 0 Å². The highest BCUT2D eigenvalue weighted by Gasteiger charge is 2.41. The van der Waals surface area contributed by atoms with Gasteiger partial charge in [-0.05, 0) is 63.2 Å². The predicted molar refractivity (Wildman–Crippen MR) is 124 cm³/mol. The Labute approximate surface area is 185 Å². The van der Waals surface area contributed by atoms with Crippen LogP contribution in [0.1, 0.15) is 48.1 Å². The van der Waals surface area contributed by atoms with Crippen molar-refractivity contribution >= 4 is 17.3 Å². The number of hydrogen-bond donors (Lipinski definition) is 1. The number of morpholine rings is 1. The molecule has 2 aliphatic rings. The van der Waals surface area contributed by atoms with Gasteiger partial charge in [-0.1, -0.05) is 6.07 Å². The summed E-state index contributed by atoms with van der Waals surface area (Å²) in [5, 5.41) is 4.42. The zero-order valence-corrected chi connectivity index (χ0v) is 19.1. The lowest BCUT2D eigenvalue weighted by Gasteiger charge is -2.30. The van der Waals surface area contributed by atoms with Crippen molar-refractivity contribution in [2.45, 2.75) is 45.8 Å². The highest BCUT2D eigenvalue weighted by molar-refractivity contribution is 7.80. The van der Waals surface area contributed by atoms with Gasteiger partial charge in [-0.3, -0.25) is 9.88 Å². The molecule has 0 aromatic carbocycles. The van der Waals surface area contributed by atoms with Crippen LogP contribution in [0.5, 0.6) is 0 Å². The predicted octanol–water partition coefficient (Wildman–Crippen LogP) is 3.21. The Balaban J connectivity index is 1.59. The van der Waals surface area contributed by atoms with Gasteiger partial charge in [0.05, 0.1) is 31.0 Å². The first kappa shape index (κ1) is 21.3. The van der Waals surface area contributed by atoms with Gasteiger partial charge in [-0.25, -0.2) is 0 Å². The second-order valence-electron chi connectivity index (χ2n) is 8.20. The first-order valence-corrected chi connectivity index (χ1v) is 11.5. The van der Waals surface area contributed by atoms with E-state index < -0.39 is 0 Å². The highest BCUT2D eigenvalue weighted by atomic mass is 32.1. The lowest BCUT2D eigenvalue weighted by atomic mass is 9.96. The summed E-state index contributed by atoms with van der Waals surface area (Å²) in [5.41, 5.74) is 5.02. The third-order valence-corrected chi connectivity index (χ3v) is 6.77. The molecule has 4 rings (SSSR count). The normalized spacial score (nSPS) is 22.5. The monoisotopic (exact) mass is 427 g/mol. The van der Waals surface area contributed by atoms with Crippen molar-refractivity contribution in [2.24, 2.45) is 0 Å². The second kappa shape index (κ2) is 9.45. The van der Waals surface area contributed by atoms with E-state index in [2.05, 4.69) is 63.6 Å². The van der Waals surface area contributed by atoms with Crippen molar-refractivity contribution < 1.29 is 4.74 Å². The molecule has 0 bridgehead atoms. The van der Waals surface area contributed by atoms with Gasteiger partial charge < -0.3 is 19.5 Å². The van der Waals surface area contributed by atoms with Crippen LogP contribution >= 0.6 is 12.2 Å². The van der Waals surface area contributed by atoms with Gasteiger partial charge in [0, 0.05) is 50.3 Å². The summed E-state index contributed by atoms with van der Waals surface area (Å²) >= 11 is 5.82. The minimum absolute atomic E-state index is 0.0629. The number of aryl methyl sites for hydroxylation is 1. The Morgan fingerprint density at radius 3 is 2.67 bits per heavy atom. The van der Waals surface area contributed by atoms with E-state index in [0.29, 0.717) is 0 Å². The number of ether oxygens (including phenoxy) is 1. The Kier molecular flexibility index (Phi) is 6.71. The summed E-state index contributed by atoms with van der Waals surface area (Å²) in [7, 11) is 0. The molecule has 6 nitrogen and oxygen atoms in total. The molecule has 2 aromatic heterocycles. The first-order chi connectivity index (χ1) is 14.6. The number of pyridine rings is 1. The fourth-order valence-electron chi connectivity index (χ4n) is 4.89. The summed E-state index contributed by atoms with van der Waals surface area (Å²) < 4.78 is 7.87. The van der Waals surface area contributed by atoms with Crippen molar-refractivity contribution in [2.75, 3.05) is 39.4 Å². The smallest absolute Gasteiger partial charge is 0.170 e. The van der Waals surface area contributed by atoms with Crippen molar-refractivity contribution in [3.05, 3.63) is 53.1 Å². The standard InChI is InChI=1S/C23H33N5OS/c1-4-27-17(2)16-19(18(27)3)22-21(20-8-5-6-9-24-20)25-23(30)28(22)11-7-10-26-12-14-29-15-13-26/h5-6,8-9,16,21-22H,4,7,10-15H2,1-3H3,(H,25,30)/t21-,22+/m1/s1. The van der Waals surface area contributed by atoms with Crippen LogP contribution in [0.15, 0.2) is 30.5 Å². The second-order valence-corrected chi connectivity index (χ2v) is 8.58. The van der Waals surface area contributed by atoms with Gasteiger partial charge in [0.25, 0.3) is 0 Å². The number of rotatable bonds is 7. The van der Waals surface area contributed by atoms with Crippen LogP contribution < -0.4 is 5.32 Å². The van der Waals surface area contributed by atoms with Crippen LogP contribution in [-0.4, -0.2) is 63.9 Å². The molecule has 30 heavy (non-hydrogen) atoms. The van der Waals surface area contributed by atoms with Crippen LogP contribution in [-0.2, 0) is 11.3 Å². The SMILES string of the molecule is CCn1c(C)cc([C@H]2[C@@H](c3ccccn3)NC(=S)N2CCCN2CCOCC2)c1C. The van der Waals surface area contributed by atoms with Crippen LogP contribution in [0.3, 0.4) is 0 Å². The Bertz CT molecular complexity index is 862. The maximum atomic E-state index is 5.82. The molecule has 7 heteroatoms. The molecule has 2 atom stereocenters. The van der Waals surface area contributed by atoms with Crippen molar-refractivity contribution in [3.63, 3.8) is 0 Å². The van der Waals surface area contributed by atoms with E-state index in [0.717, 1.165) is 63.2 Å². The molecular formula is C23H33N5OS. The first-order valence-electron chi connectivity index (χ1n) is 11.0. The van der Waals surface area contributed by atoms with E-state index >= 15 is 0 Å². The maximum absolute atomic E-state index is 5.82. The van der Waals surface area contributed by atoms with Gasteiger partial charge in [0.15, 0.2) is 5.11 Å². The molecular weight excluding hydrogens is 394 g/mol. The third kappa shape index (κ3) is 4.24. The summed E-state index contributed by atoms with van der Waals surface area (Å²) in [4.78, 5) is 9.54. The van der Waals surface area contributed by atoms with E-state index in [4.69, 9.17) is 17.0 Å². The lowest BCUT2D eigenvalue weighted by molar-refractivity contribution is 0.0365. The number of nitrogens with one attached hydrogen (secondary N) is 1. The molecule has 0 radical (unpaired) electrons. The van der Waals surface area contributed by atoms with E-state index in [9.17, 15) is 0 Å². The topological polar surface area (TPSA) is 45.6 Å². The molecule has 1 N–H and O–H groups in total. The van der Waals surface area contributed by atoms with Gasteiger partial charge in [-0.2, -0.15) is 0 Å². The van der Waals surface area contributed by atoms with E-state index in [1.807, 2.05) is 12.3 Å². The van der Waals surface area contributed by atoms with E-state index in [-0.39, 0.29) is 12.1 Å². The molecule has 162 valence electrons. The number of hydrogen-bond acceptors (Lipinski definition) is 4. The lowest BCUT2D eigenvalue weighted by Crippen LogP contribution is -2.39. The molecule has 2 aliphatic heterocycles. The fourth-order valence-corrected chi connectivity index (χ4v) is 5.22. The van der Waals surface area contributed by atoms with Crippen LogP contribution in [0.2, 0.25) is 0 Å². The molecule has 0 unspecified atom stereocenters. The zero-order chi connectivity index (χ0) is 21.1. The molecule has 0 saturated carbocycles. The Morgan fingerprint density at radius 1 is 1.20 bits per heavy atom. The largest absolute Gasteiger partial charge is 0.379 e. The molecule has 0 spiro atoms. The van der Waals surface area contributed by atoms with E-state index in [1.54, 1.807) is 0 Å². The quantitative estimate of drug-likeness (QED) is 0.685. The van der Waals surface area contributed by atoms with Gasteiger partial charge >= 0.3 is 0 Å². The maximum Gasteiger partial charge on any atom is 0.170 e. The fraction of sp³-hybridized carbons (Fsp3) is 0.565. The number of aromatic nitrogens is 2. The highest BCUT2D eigenvalue weighted by Crippen LogP contribution is 2.40. The molecule has 0 amide bonds. The summed E-state index contributed by atoms with van der Waals surface area (Å²) in [6, 6.07) is 8.68. The molecule has 2 aromatic rings. The van der Waals surface area contributed by atoms with Crippen molar-refractivity contribution in [1.82, 2.24) is 24.7 Å².